The van der Waals surface area contributed by atoms with E-state index >= 15 is 0 Å². The van der Waals surface area contributed by atoms with Gasteiger partial charge in [0, 0.05) is 29.5 Å². The number of nitrogens with zero attached hydrogens (tertiary/aromatic N) is 1. The van der Waals surface area contributed by atoms with Crippen LogP contribution in [0.3, 0.4) is 0 Å². The van der Waals surface area contributed by atoms with Crippen LogP contribution in [0.4, 0.5) is 16.3 Å². The Bertz CT molecular complexity index is 736. The number of urea groups is 1. The molecule has 0 aliphatic heterocycles. The molecule has 0 atom stereocenters. The Morgan fingerprint density at radius 1 is 1.43 bits per heavy atom. The lowest BCUT2D eigenvalue weighted by Crippen LogP contribution is -2.28. The van der Waals surface area contributed by atoms with E-state index in [9.17, 15) is 4.79 Å². The number of anilines is 2. The average molecular weight is 334 g/mol. The van der Waals surface area contributed by atoms with E-state index in [1.165, 1.54) is 19.4 Å². The number of hydrogen-bond donors (Lipinski definition) is 4. The second-order valence-corrected chi connectivity index (χ2v) is 5.06. The van der Waals surface area contributed by atoms with Crippen molar-refractivity contribution in [3.63, 3.8) is 0 Å². The molecule has 2 rings (SSSR count). The van der Waals surface area contributed by atoms with Gasteiger partial charge in [-0.25, -0.2) is 9.78 Å². The summed E-state index contributed by atoms with van der Waals surface area (Å²) >= 11 is 5.88. The third-order valence-electron chi connectivity index (χ3n) is 2.97. The van der Waals surface area contributed by atoms with E-state index in [1.54, 1.807) is 12.1 Å². The van der Waals surface area contributed by atoms with Crippen LogP contribution in [0, 0.1) is 5.41 Å². The van der Waals surface area contributed by atoms with Gasteiger partial charge in [0.1, 0.15) is 5.82 Å². The van der Waals surface area contributed by atoms with Crippen LogP contribution in [-0.4, -0.2) is 24.0 Å². The second-order valence-electron chi connectivity index (χ2n) is 4.63. The number of nitrogen functional groups attached to an aromatic ring is 1. The number of aromatic nitrogens is 1. The number of pyridine rings is 1. The number of nitrogens with one attached hydrogen (secondary N) is 3. The van der Waals surface area contributed by atoms with Crippen molar-refractivity contribution in [1.29, 1.82) is 5.41 Å². The minimum atomic E-state index is -0.425. The molecule has 1 heterocycles. The molecule has 2 aromatic rings. The van der Waals surface area contributed by atoms with E-state index in [0.717, 1.165) is 5.56 Å². The fourth-order valence-corrected chi connectivity index (χ4v) is 2.04. The van der Waals surface area contributed by atoms with E-state index in [1.807, 2.05) is 12.1 Å². The Morgan fingerprint density at radius 3 is 2.87 bits per heavy atom. The van der Waals surface area contributed by atoms with Crippen molar-refractivity contribution in [2.75, 3.05) is 18.2 Å². The molecule has 0 radical (unpaired) electrons. The van der Waals surface area contributed by atoms with Gasteiger partial charge in [-0.15, -0.1) is 0 Å². The first-order valence-corrected chi connectivity index (χ1v) is 7.05. The molecule has 8 heteroatoms. The quantitative estimate of drug-likeness (QED) is 0.508. The van der Waals surface area contributed by atoms with Crippen LogP contribution in [0.25, 0.3) is 0 Å². The van der Waals surface area contributed by atoms with Crippen LogP contribution >= 0.6 is 11.6 Å². The highest BCUT2D eigenvalue weighted by Crippen LogP contribution is 2.16. The molecule has 1 aromatic heterocycles. The molecule has 0 saturated carbocycles. The van der Waals surface area contributed by atoms with Gasteiger partial charge in [-0.1, -0.05) is 23.7 Å². The minimum absolute atomic E-state index is 0.0908. The molecule has 0 bridgehead atoms. The van der Waals surface area contributed by atoms with Crippen LogP contribution < -0.4 is 16.4 Å². The zero-order chi connectivity index (χ0) is 16.8. The van der Waals surface area contributed by atoms with Gasteiger partial charge in [0.25, 0.3) is 0 Å². The number of rotatable bonds is 4. The number of hydrogen-bond acceptors (Lipinski definition) is 5. The third-order valence-corrected chi connectivity index (χ3v) is 3.20. The summed E-state index contributed by atoms with van der Waals surface area (Å²) in [5.74, 6) is 0.186. The standard InChI is InChI=1S/C15H16ClN5O2/c1-23-14(18)11-8-19-13(6-12(11)17)21-15(22)20-7-9-3-2-4-10(16)5-9/h2-6,8,18H,7H2,1H3,(H4,17,19,20,21,22). The predicted molar refractivity (Wildman–Crippen MR) is 89.8 cm³/mol. The first-order chi connectivity index (χ1) is 11.0. The highest BCUT2D eigenvalue weighted by Gasteiger charge is 2.09. The Morgan fingerprint density at radius 2 is 2.22 bits per heavy atom. The largest absolute Gasteiger partial charge is 0.481 e. The average Bonchev–Trinajstić information content (AvgIpc) is 2.52. The molecule has 7 nitrogen and oxygen atoms in total. The molecule has 0 unspecified atom stereocenters. The van der Waals surface area contributed by atoms with E-state index in [4.69, 9.17) is 27.5 Å². The van der Waals surface area contributed by atoms with Crippen molar-refractivity contribution >= 4 is 35.0 Å². The normalized spacial score (nSPS) is 10.0. The summed E-state index contributed by atoms with van der Waals surface area (Å²) in [7, 11) is 1.37. The molecule has 2 amide bonds. The monoisotopic (exact) mass is 333 g/mol. The number of carbonyl (C=O) groups is 1. The number of halogens is 1. The van der Waals surface area contributed by atoms with Crippen molar-refractivity contribution in [3.8, 4) is 0 Å². The van der Waals surface area contributed by atoms with Gasteiger partial charge in [-0.05, 0) is 17.7 Å². The number of methoxy groups -OCH3 is 1. The Labute approximate surface area is 138 Å². The van der Waals surface area contributed by atoms with Gasteiger partial charge in [0.05, 0.1) is 12.7 Å². The van der Waals surface area contributed by atoms with Crippen LogP contribution in [0.1, 0.15) is 11.1 Å². The second kappa shape index (κ2) is 7.46. The van der Waals surface area contributed by atoms with Crippen LogP contribution in [0.15, 0.2) is 36.5 Å². The lowest BCUT2D eigenvalue weighted by molar-refractivity contribution is 0.251. The number of benzene rings is 1. The van der Waals surface area contributed by atoms with Gasteiger partial charge in [0.2, 0.25) is 5.90 Å². The van der Waals surface area contributed by atoms with Crippen molar-refractivity contribution in [1.82, 2.24) is 10.3 Å². The number of carbonyl (C=O) groups excluding carboxylic acids is 1. The number of ether oxygens (including phenoxy) is 1. The van der Waals surface area contributed by atoms with Crippen molar-refractivity contribution in [2.24, 2.45) is 0 Å². The molecule has 0 saturated heterocycles. The van der Waals surface area contributed by atoms with Crippen LogP contribution in [0.5, 0.6) is 0 Å². The fourth-order valence-electron chi connectivity index (χ4n) is 1.83. The van der Waals surface area contributed by atoms with E-state index < -0.39 is 6.03 Å². The summed E-state index contributed by atoms with van der Waals surface area (Å²) in [6, 6.07) is 8.23. The summed E-state index contributed by atoms with van der Waals surface area (Å²) in [6.45, 7) is 0.328. The van der Waals surface area contributed by atoms with Crippen molar-refractivity contribution < 1.29 is 9.53 Å². The van der Waals surface area contributed by atoms with Gasteiger partial charge >= 0.3 is 6.03 Å². The zero-order valence-corrected chi connectivity index (χ0v) is 13.1. The number of amides is 2. The summed E-state index contributed by atoms with van der Waals surface area (Å²) < 4.78 is 4.79. The van der Waals surface area contributed by atoms with Gasteiger partial charge in [-0.3, -0.25) is 10.7 Å². The Kier molecular flexibility index (Phi) is 5.37. The highest BCUT2D eigenvalue weighted by atomic mass is 35.5. The maximum Gasteiger partial charge on any atom is 0.320 e. The smallest absolute Gasteiger partial charge is 0.320 e. The van der Waals surface area contributed by atoms with E-state index in [-0.39, 0.29) is 17.4 Å². The Hall–Kier alpha value is -2.80. The number of nitrogens with two attached hydrogens (primary N) is 1. The first-order valence-electron chi connectivity index (χ1n) is 6.67. The molecule has 1 aromatic carbocycles. The zero-order valence-electron chi connectivity index (χ0n) is 12.4. The van der Waals surface area contributed by atoms with Crippen molar-refractivity contribution in [2.45, 2.75) is 6.54 Å². The molecule has 23 heavy (non-hydrogen) atoms. The maximum absolute atomic E-state index is 11.9. The minimum Gasteiger partial charge on any atom is -0.481 e. The summed E-state index contributed by atoms with van der Waals surface area (Å²) in [5.41, 5.74) is 7.33. The molecule has 0 fully saturated rings. The lowest BCUT2D eigenvalue weighted by atomic mass is 10.2. The molecule has 0 spiro atoms. The van der Waals surface area contributed by atoms with Gasteiger partial charge < -0.3 is 15.8 Å². The summed E-state index contributed by atoms with van der Waals surface area (Å²) in [5, 5.41) is 13.4. The third kappa shape index (κ3) is 4.58. The molecule has 0 aliphatic rings. The van der Waals surface area contributed by atoms with Crippen molar-refractivity contribution in [3.05, 3.63) is 52.7 Å². The van der Waals surface area contributed by atoms with E-state index in [2.05, 4.69) is 15.6 Å². The molecule has 5 N–H and O–H groups in total. The molecular weight excluding hydrogens is 318 g/mol. The highest BCUT2D eigenvalue weighted by molar-refractivity contribution is 6.30. The SMILES string of the molecule is COC(=N)c1cnc(NC(=O)NCc2cccc(Cl)c2)cc1N. The molecular formula is C15H16ClN5O2. The first kappa shape index (κ1) is 16.6. The van der Waals surface area contributed by atoms with Gasteiger partial charge in [-0.2, -0.15) is 0 Å². The van der Waals surface area contributed by atoms with Gasteiger partial charge in [0.15, 0.2) is 0 Å². The van der Waals surface area contributed by atoms with Crippen LogP contribution in [-0.2, 0) is 11.3 Å². The molecule has 0 aliphatic carbocycles. The van der Waals surface area contributed by atoms with Crippen LogP contribution in [0.2, 0.25) is 5.02 Å². The fraction of sp³-hybridized carbons (Fsp3) is 0.133. The summed E-state index contributed by atoms with van der Waals surface area (Å²) in [4.78, 5) is 15.9. The summed E-state index contributed by atoms with van der Waals surface area (Å²) in [6.07, 6.45) is 1.37. The van der Waals surface area contributed by atoms with E-state index in [0.29, 0.717) is 17.1 Å². The maximum atomic E-state index is 11.9. The topological polar surface area (TPSA) is 113 Å². The lowest BCUT2D eigenvalue weighted by Gasteiger charge is -2.10. The molecule has 120 valence electrons. The predicted octanol–water partition coefficient (Wildman–Crippen LogP) is 2.61. The Balaban J connectivity index is 1.95.